The van der Waals surface area contributed by atoms with E-state index in [1.54, 1.807) is 13.2 Å². The third-order valence-electron chi connectivity index (χ3n) is 6.40. The van der Waals surface area contributed by atoms with E-state index in [1.165, 1.54) is 12.1 Å². The fourth-order valence-corrected chi connectivity index (χ4v) is 4.89. The lowest BCUT2D eigenvalue weighted by molar-refractivity contribution is -0.384. The van der Waals surface area contributed by atoms with Crippen molar-refractivity contribution in [1.29, 1.82) is 0 Å². The van der Waals surface area contributed by atoms with Gasteiger partial charge in [0.05, 0.1) is 29.4 Å². The summed E-state index contributed by atoms with van der Waals surface area (Å²) in [5, 5.41) is 18.5. The normalized spacial score (nSPS) is 19.3. The zero-order chi connectivity index (χ0) is 23.8. The SMILES string of the molecule is COc1ccc([C@H]2CC(=O)C3=C(C2)Nc2ccccc2N[C@@H]3c2ccc(Cl)c([N+](=O)[O-])c2)cc1. The van der Waals surface area contributed by atoms with Crippen LogP contribution in [0.1, 0.15) is 35.9 Å². The first-order chi connectivity index (χ1) is 16.4. The number of rotatable bonds is 4. The molecule has 172 valence electrons. The van der Waals surface area contributed by atoms with Crippen molar-refractivity contribution < 1.29 is 14.5 Å². The van der Waals surface area contributed by atoms with Gasteiger partial charge in [-0.1, -0.05) is 41.9 Å². The van der Waals surface area contributed by atoms with Gasteiger partial charge in [-0.05, 0) is 53.8 Å². The van der Waals surface area contributed by atoms with Crippen molar-refractivity contribution in [3.8, 4) is 5.75 Å². The molecule has 1 aliphatic carbocycles. The molecule has 0 fully saturated rings. The van der Waals surface area contributed by atoms with Gasteiger partial charge in [0.2, 0.25) is 0 Å². The summed E-state index contributed by atoms with van der Waals surface area (Å²) >= 11 is 6.06. The molecule has 0 saturated heterocycles. The van der Waals surface area contributed by atoms with Crippen molar-refractivity contribution in [2.75, 3.05) is 17.7 Å². The number of anilines is 2. The van der Waals surface area contributed by atoms with Crippen LogP contribution in [0, 0.1) is 10.1 Å². The highest BCUT2D eigenvalue weighted by atomic mass is 35.5. The van der Waals surface area contributed by atoms with Gasteiger partial charge in [0, 0.05) is 23.8 Å². The van der Waals surface area contributed by atoms with Crippen LogP contribution in [0.2, 0.25) is 5.02 Å². The lowest BCUT2D eigenvalue weighted by Crippen LogP contribution is -2.27. The quantitative estimate of drug-likeness (QED) is 0.343. The van der Waals surface area contributed by atoms with E-state index in [1.807, 2.05) is 48.5 Å². The molecule has 3 aromatic rings. The minimum atomic E-state index is -0.550. The number of carbonyl (C=O) groups is 1. The summed E-state index contributed by atoms with van der Waals surface area (Å²) in [5.74, 6) is 0.772. The van der Waals surface area contributed by atoms with E-state index in [2.05, 4.69) is 10.6 Å². The molecule has 2 atom stereocenters. The Bertz CT molecular complexity index is 1320. The Morgan fingerprint density at radius 3 is 2.41 bits per heavy atom. The second-order valence-corrected chi connectivity index (χ2v) is 8.82. The lowest BCUT2D eigenvalue weighted by atomic mass is 9.78. The minimum absolute atomic E-state index is 0.00234. The molecule has 0 aromatic heterocycles. The number of fused-ring (bicyclic) bond motifs is 1. The van der Waals surface area contributed by atoms with Gasteiger partial charge < -0.3 is 15.4 Å². The Balaban J connectivity index is 1.60. The van der Waals surface area contributed by atoms with Crippen LogP contribution in [-0.2, 0) is 4.79 Å². The Kier molecular flexibility index (Phi) is 5.71. The molecule has 3 aromatic carbocycles. The van der Waals surface area contributed by atoms with Crippen molar-refractivity contribution in [1.82, 2.24) is 0 Å². The summed E-state index contributed by atoms with van der Waals surface area (Å²) in [4.78, 5) is 24.6. The van der Waals surface area contributed by atoms with Crippen LogP contribution in [-0.4, -0.2) is 17.8 Å². The first-order valence-corrected chi connectivity index (χ1v) is 11.3. The van der Waals surface area contributed by atoms with Crippen molar-refractivity contribution in [2.24, 2.45) is 0 Å². The molecule has 0 radical (unpaired) electrons. The molecular formula is C26H22ClN3O4. The summed E-state index contributed by atoms with van der Waals surface area (Å²) in [6.07, 6.45) is 0.979. The van der Waals surface area contributed by atoms with E-state index in [0.717, 1.165) is 28.4 Å². The standard InChI is InChI=1S/C26H22ClN3O4/c1-34-18-9-6-15(7-10-18)17-12-22-25(24(31)14-17)26(29-21-5-3-2-4-20(21)28-22)16-8-11-19(27)23(13-16)30(32)33/h2-11,13,17,26,28-29H,12,14H2,1H3/t17-,26-/m1/s1. The molecule has 0 saturated carbocycles. The van der Waals surface area contributed by atoms with Gasteiger partial charge in [-0.25, -0.2) is 0 Å². The number of nitrogens with one attached hydrogen (secondary N) is 2. The smallest absolute Gasteiger partial charge is 0.288 e. The van der Waals surface area contributed by atoms with Crippen LogP contribution in [0.25, 0.3) is 0 Å². The Morgan fingerprint density at radius 2 is 1.71 bits per heavy atom. The second kappa shape index (κ2) is 8.83. The zero-order valence-electron chi connectivity index (χ0n) is 18.4. The highest BCUT2D eigenvalue weighted by molar-refractivity contribution is 6.32. The molecular weight excluding hydrogens is 454 g/mol. The van der Waals surface area contributed by atoms with Gasteiger partial charge in [0.1, 0.15) is 10.8 Å². The fourth-order valence-electron chi connectivity index (χ4n) is 4.70. The van der Waals surface area contributed by atoms with Crippen LogP contribution in [0.3, 0.4) is 0 Å². The number of ether oxygens (including phenoxy) is 1. The molecule has 7 nitrogen and oxygen atoms in total. The molecule has 0 bridgehead atoms. The average Bonchev–Trinajstić information content (AvgIpc) is 3.01. The van der Waals surface area contributed by atoms with E-state index in [4.69, 9.17) is 16.3 Å². The maximum absolute atomic E-state index is 13.6. The van der Waals surface area contributed by atoms with Gasteiger partial charge in [-0.2, -0.15) is 0 Å². The highest BCUT2D eigenvalue weighted by Gasteiger charge is 2.36. The number of ketones is 1. The molecule has 8 heteroatoms. The monoisotopic (exact) mass is 475 g/mol. The largest absolute Gasteiger partial charge is 0.497 e. The van der Waals surface area contributed by atoms with Crippen molar-refractivity contribution >= 4 is 34.4 Å². The maximum Gasteiger partial charge on any atom is 0.288 e. The molecule has 34 heavy (non-hydrogen) atoms. The van der Waals surface area contributed by atoms with Crippen LogP contribution < -0.4 is 15.4 Å². The number of Topliss-reactive ketones (excluding diaryl/α,β-unsaturated/α-hetero) is 1. The van der Waals surface area contributed by atoms with Gasteiger partial charge >= 0.3 is 0 Å². The van der Waals surface area contributed by atoms with Crippen LogP contribution in [0.4, 0.5) is 17.1 Å². The fraction of sp³-hybridized carbons (Fsp3) is 0.192. The van der Waals surface area contributed by atoms with E-state index < -0.39 is 11.0 Å². The van der Waals surface area contributed by atoms with E-state index in [0.29, 0.717) is 24.0 Å². The summed E-state index contributed by atoms with van der Waals surface area (Å²) in [7, 11) is 1.62. The first-order valence-electron chi connectivity index (χ1n) is 10.9. The predicted octanol–water partition coefficient (Wildman–Crippen LogP) is 6.24. The van der Waals surface area contributed by atoms with Crippen molar-refractivity contribution in [3.63, 3.8) is 0 Å². The first kappa shape index (κ1) is 22.0. The molecule has 0 spiro atoms. The molecule has 1 heterocycles. The van der Waals surface area contributed by atoms with Crippen LogP contribution in [0.5, 0.6) is 5.75 Å². The number of nitrogens with zero attached hydrogens (tertiary/aromatic N) is 1. The number of halogens is 1. The predicted molar refractivity (Wildman–Crippen MR) is 132 cm³/mol. The maximum atomic E-state index is 13.6. The molecule has 0 amide bonds. The molecule has 5 rings (SSSR count). The lowest BCUT2D eigenvalue weighted by Gasteiger charge is -2.30. The van der Waals surface area contributed by atoms with Gasteiger partial charge in [0.15, 0.2) is 5.78 Å². The number of nitro groups is 1. The zero-order valence-corrected chi connectivity index (χ0v) is 19.1. The Morgan fingerprint density at radius 1 is 1.00 bits per heavy atom. The number of nitro benzene ring substituents is 1. The third-order valence-corrected chi connectivity index (χ3v) is 6.72. The number of methoxy groups -OCH3 is 1. The second-order valence-electron chi connectivity index (χ2n) is 8.41. The summed E-state index contributed by atoms with van der Waals surface area (Å²) < 4.78 is 5.26. The van der Waals surface area contributed by atoms with Gasteiger partial charge in [-0.3, -0.25) is 14.9 Å². The van der Waals surface area contributed by atoms with E-state index in [-0.39, 0.29) is 22.4 Å². The summed E-state index contributed by atoms with van der Waals surface area (Å²) in [5.41, 5.74) is 4.56. The number of para-hydroxylation sites is 2. The number of allylic oxidation sites excluding steroid dienone is 1. The summed E-state index contributed by atoms with van der Waals surface area (Å²) in [6, 6.07) is 19.6. The van der Waals surface area contributed by atoms with E-state index >= 15 is 0 Å². The van der Waals surface area contributed by atoms with Crippen molar-refractivity contribution in [3.05, 3.63) is 104 Å². The van der Waals surface area contributed by atoms with Crippen molar-refractivity contribution in [2.45, 2.75) is 24.8 Å². The topological polar surface area (TPSA) is 93.5 Å². The number of carbonyl (C=O) groups excluding carboxylic acids is 1. The number of hydrogen-bond donors (Lipinski definition) is 2. The third kappa shape index (κ3) is 3.99. The van der Waals surface area contributed by atoms with Gasteiger partial charge in [0.25, 0.3) is 5.69 Å². The number of hydrogen-bond acceptors (Lipinski definition) is 6. The number of benzene rings is 3. The van der Waals surface area contributed by atoms with E-state index in [9.17, 15) is 14.9 Å². The molecule has 1 aliphatic heterocycles. The van der Waals surface area contributed by atoms with Gasteiger partial charge in [-0.15, -0.1) is 0 Å². The van der Waals surface area contributed by atoms with Crippen LogP contribution in [0.15, 0.2) is 78.0 Å². The highest BCUT2D eigenvalue weighted by Crippen LogP contribution is 2.45. The van der Waals surface area contributed by atoms with Crippen LogP contribution >= 0.6 is 11.6 Å². The molecule has 2 N–H and O–H groups in total. The molecule has 2 aliphatic rings. The summed E-state index contributed by atoms with van der Waals surface area (Å²) in [6.45, 7) is 0. The average molecular weight is 476 g/mol. The Hall–Kier alpha value is -3.84. The Labute approximate surface area is 201 Å². The minimum Gasteiger partial charge on any atom is -0.497 e. The molecule has 0 unspecified atom stereocenters.